The first-order valence-corrected chi connectivity index (χ1v) is 8.76. The zero-order chi connectivity index (χ0) is 18.2. The Morgan fingerprint density at radius 3 is 2.73 bits per heavy atom. The van der Waals surface area contributed by atoms with Crippen LogP contribution in [-0.2, 0) is 16.3 Å². The molecule has 1 amide bonds. The standard InChI is InChI=1S/C20H23N3O3/c1-2-16-12-17(26-22-16)13-21-19-11-7-6-10-18(19)20(24)23-25-14-15-8-4-3-5-9-15/h3-11,17,21H,2,12-14H2,1H3,(H,23,24). The minimum atomic E-state index is -0.290. The van der Waals surface area contributed by atoms with E-state index in [-0.39, 0.29) is 12.0 Å². The van der Waals surface area contributed by atoms with Crippen molar-refractivity contribution in [3.8, 4) is 0 Å². The molecule has 2 aromatic carbocycles. The van der Waals surface area contributed by atoms with E-state index in [9.17, 15) is 4.79 Å². The number of anilines is 1. The molecular weight excluding hydrogens is 330 g/mol. The number of rotatable bonds is 8. The van der Waals surface area contributed by atoms with Crippen molar-refractivity contribution in [2.24, 2.45) is 5.16 Å². The average Bonchev–Trinajstić information content (AvgIpc) is 3.15. The van der Waals surface area contributed by atoms with Gasteiger partial charge in [0.05, 0.1) is 24.4 Å². The zero-order valence-electron chi connectivity index (χ0n) is 14.8. The molecule has 6 nitrogen and oxygen atoms in total. The fourth-order valence-corrected chi connectivity index (χ4v) is 2.68. The van der Waals surface area contributed by atoms with Gasteiger partial charge < -0.3 is 10.2 Å². The molecule has 2 aromatic rings. The highest BCUT2D eigenvalue weighted by molar-refractivity contribution is 5.99. The van der Waals surface area contributed by atoms with Crippen molar-refractivity contribution in [3.63, 3.8) is 0 Å². The number of oxime groups is 1. The van der Waals surface area contributed by atoms with Gasteiger partial charge in [-0.1, -0.05) is 54.5 Å². The maximum Gasteiger partial charge on any atom is 0.276 e. The second-order valence-electron chi connectivity index (χ2n) is 6.07. The number of amides is 1. The maximum atomic E-state index is 12.4. The predicted molar refractivity (Wildman–Crippen MR) is 101 cm³/mol. The van der Waals surface area contributed by atoms with Crippen LogP contribution in [0.15, 0.2) is 59.8 Å². The zero-order valence-corrected chi connectivity index (χ0v) is 14.8. The second kappa shape index (κ2) is 9.01. The molecule has 26 heavy (non-hydrogen) atoms. The van der Waals surface area contributed by atoms with Crippen molar-refractivity contribution < 1.29 is 14.5 Å². The number of nitrogens with zero attached hydrogens (tertiary/aromatic N) is 1. The molecule has 3 rings (SSSR count). The van der Waals surface area contributed by atoms with Gasteiger partial charge in [0, 0.05) is 12.1 Å². The monoisotopic (exact) mass is 353 g/mol. The van der Waals surface area contributed by atoms with Crippen LogP contribution in [-0.4, -0.2) is 24.3 Å². The number of hydroxylamine groups is 1. The van der Waals surface area contributed by atoms with E-state index in [4.69, 9.17) is 9.68 Å². The van der Waals surface area contributed by atoms with E-state index in [1.54, 1.807) is 6.07 Å². The lowest BCUT2D eigenvalue weighted by Crippen LogP contribution is -2.26. The quantitative estimate of drug-likeness (QED) is 0.713. The van der Waals surface area contributed by atoms with Crippen molar-refractivity contribution in [1.82, 2.24) is 5.48 Å². The van der Waals surface area contributed by atoms with Crippen LogP contribution in [0.25, 0.3) is 0 Å². The van der Waals surface area contributed by atoms with E-state index >= 15 is 0 Å². The van der Waals surface area contributed by atoms with E-state index < -0.39 is 0 Å². The summed E-state index contributed by atoms with van der Waals surface area (Å²) in [5.74, 6) is -0.290. The van der Waals surface area contributed by atoms with Gasteiger partial charge in [0.2, 0.25) is 0 Å². The van der Waals surface area contributed by atoms with Crippen LogP contribution in [0.1, 0.15) is 35.7 Å². The molecule has 1 heterocycles. The van der Waals surface area contributed by atoms with E-state index in [1.807, 2.05) is 48.5 Å². The summed E-state index contributed by atoms with van der Waals surface area (Å²) >= 11 is 0. The van der Waals surface area contributed by atoms with Crippen molar-refractivity contribution in [2.45, 2.75) is 32.5 Å². The smallest absolute Gasteiger partial charge is 0.276 e. The van der Waals surface area contributed by atoms with Crippen molar-refractivity contribution in [1.29, 1.82) is 0 Å². The molecule has 1 atom stereocenters. The SMILES string of the molecule is CCC1=NOC(CNc2ccccc2C(=O)NOCc2ccccc2)C1. The summed E-state index contributed by atoms with van der Waals surface area (Å²) < 4.78 is 0. The Morgan fingerprint density at radius 2 is 1.96 bits per heavy atom. The molecule has 0 spiro atoms. The third-order valence-electron chi connectivity index (χ3n) is 4.14. The van der Waals surface area contributed by atoms with Gasteiger partial charge in [0.25, 0.3) is 5.91 Å². The summed E-state index contributed by atoms with van der Waals surface area (Å²) in [7, 11) is 0. The first-order valence-electron chi connectivity index (χ1n) is 8.76. The average molecular weight is 353 g/mol. The van der Waals surface area contributed by atoms with Crippen molar-refractivity contribution >= 4 is 17.3 Å². The lowest BCUT2D eigenvalue weighted by atomic mass is 10.1. The Labute approximate surface area is 153 Å². The van der Waals surface area contributed by atoms with E-state index in [0.29, 0.717) is 18.7 Å². The molecule has 136 valence electrons. The number of hydrogen-bond acceptors (Lipinski definition) is 5. The van der Waals surface area contributed by atoms with Crippen LogP contribution in [0.3, 0.4) is 0 Å². The summed E-state index contributed by atoms with van der Waals surface area (Å²) in [6, 6.07) is 17.0. The largest absolute Gasteiger partial charge is 0.390 e. The molecule has 0 aromatic heterocycles. The Morgan fingerprint density at radius 1 is 1.19 bits per heavy atom. The third-order valence-corrected chi connectivity index (χ3v) is 4.14. The Hall–Kier alpha value is -2.86. The topological polar surface area (TPSA) is 72.0 Å². The summed E-state index contributed by atoms with van der Waals surface area (Å²) in [6.45, 7) is 2.96. The van der Waals surface area contributed by atoms with E-state index in [1.165, 1.54) is 0 Å². The van der Waals surface area contributed by atoms with E-state index in [0.717, 1.165) is 29.8 Å². The fourth-order valence-electron chi connectivity index (χ4n) is 2.68. The molecule has 1 aliphatic rings. The summed E-state index contributed by atoms with van der Waals surface area (Å²) in [5, 5.41) is 7.33. The fraction of sp³-hybridized carbons (Fsp3) is 0.300. The van der Waals surface area contributed by atoms with Gasteiger partial charge >= 0.3 is 0 Å². The van der Waals surface area contributed by atoms with Crippen LogP contribution in [0, 0.1) is 0 Å². The first-order chi connectivity index (χ1) is 12.8. The maximum absolute atomic E-state index is 12.4. The predicted octanol–water partition coefficient (Wildman–Crippen LogP) is 3.52. The molecule has 0 radical (unpaired) electrons. The van der Waals surface area contributed by atoms with Gasteiger partial charge in [-0.3, -0.25) is 9.63 Å². The van der Waals surface area contributed by atoms with Crippen LogP contribution < -0.4 is 10.8 Å². The number of carbonyl (C=O) groups excluding carboxylic acids is 1. The summed E-state index contributed by atoms with van der Waals surface area (Å²) in [6.07, 6.45) is 1.71. The minimum absolute atomic E-state index is 0.00426. The molecule has 0 fully saturated rings. The third kappa shape index (κ3) is 4.83. The van der Waals surface area contributed by atoms with Crippen molar-refractivity contribution in [3.05, 3.63) is 65.7 Å². The Balaban J connectivity index is 1.52. The molecule has 0 aliphatic carbocycles. The number of para-hydroxylation sites is 1. The molecular formula is C20H23N3O3. The summed E-state index contributed by atoms with van der Waals surface area (Å²) in [4.78, 5) is 23.1. The first kappa shape index (κ1) is 17.9. The van der Waals surface area contributed by atoms with Gasteiger partial charge in [-0.05, 0) is 24.1 Å². The Kier molecular flexibility index (Phi) is 6.22. The van der Waals surface area contributed by atoms with Gasteiger partial charge in [-0.25, -0.2) is 5.48 Å². The van der Waals surface area contributed by atoms with Crippen LogP contribution in [0.5, 0.6) is 0 Å². The molecule has 1 aliphatic heterocycles. The summed E-state index contributed by atoms with van der Waals surface area (Å²) in [5.41, 5.74) is 5.82. The number of carbonyl (C=O) groups is 1. The van der Waals surface area contributed by atoms with Crippen LogP contribution in [0.2, 0.25) is 0 Å². The van der Waals surface area contributed by atoms with Gasteiger partial charge in [0.15, 0.2) is 0 Å². The van der Waals surface area contributed by atoms with E-state index in [2.05, 4.69) is 22.9 Å². The number of hydrogen-bond donors (Lipinski definition) is 2. The lowest BCUT2D eigenvalue weighted by molar-refractivity contribution is 0.0234. The molecule has 0 bridgehead atoms. The van der Waals surface area contributed by atoms with Crippen LogP contribution >= 0.6 is 0 Å². The molecule has 2 N–H and O–H groups in total. The number of nitrogens with one attached hydrogen (secondary N) is 2. The normalized spacial score (nSPS) is 15.9. The molecule has 1 unspecified atom stereocenters. The highest BCUT2D eigenvalue weighted by atomic mass is 16.7. The van der Waals surface area contributed by atoms with Crippen LogP contribution in [0.4, 0.5) is 5.69 Å². The highest BCUT2D eigenvalue weighted by Gasteiger charge is 2.20. The highest BCUT2D eigenvalue weighted by Crippen LogP contribution is 2.18. The molecule has 6 heteroatoms. The van der Waals surface area contributed by atoms with Gasteiger partial charge in [-0.2, -0.15) is 0 Å². The van der Waals surface area contributed by atoms with Gasteiger partial charge in [-0.15, -0.1) is 0 Å². The molecule has 0 saturated carbocycles. The van der Waals surface area contributed by atoms with Gasteiger partial charge in [0.1, 0.15) is 6.10 Å². The number of benzene rings is 2. The molecule has 0 saturated heterocycles. The Bertz CT molecular complexity index is 762. The van der Waals surface area contributed by atoms with Crippen molar-refractivity contribution in [2.75, 3.05) is 11.9 Å². The lowest BCUT2D eigenvalue weighted by Gasteiger charge is -2.14. The minimum Gasteiger partial charge on any atom is -0.390 e. The second-order valence-corrected chi connectivity index (χ2v) is 6.07.